The molecule has 3 nitrogen and oxygen atoms in total. The molecule has 0 aliphatic rings. The van der Waals surface area contributed by atoms with Gasteiger partial charge in [-0.25, -0.2) is 0 Å². The van der Waals surface area contributed by atoms with Crippen LogP contribution in [0.4, 0.5) is 19.0 Å². The number of anilines is 1. The highest BCUT2D eigenvalue weighted by atomic mass is 19.4. The summed E-state index contributed by atoms with van der Waals surface area (Å²) < 4.78 is 36.5. The predicted molar refractivity (Wildman–Crippen MR) is 50.6 cm³/mol. The van der Waals surface area contributed by atoms with Gasteiger partial charge >= 0.3 is 6.18 Å². The standard InChI is InChI=1S/C9H12F3N3/c1-6(2)15(3)8-5-4-7(13-14-8)9(10,11)12/h4-6H,1-3H3. The highest BCUT2D eigenvalue weighted by Gasteiger charge is 2.33. The number of hydrogen-bond acceptors (Lipinski definition) is 3. The average Bonchev–Trinajstić information content (AvgIpc) is 2.15. The summed E-state index contributed by atoms with van der Waals surface area (Å²) in [5, 5.41) is 6.66. The maximum Gasteiger partial charge on any atom is 0.435 e. The summed E-state index contributed by atoms with van der Waals surface area (Å²) in [5.74, 6) is 0.429. The maximum atomic E-state index is 12.2. The van der Waals surface area contributed by atoms with Crippen molar-refractivity contribution < 1.29 is 13.2 Å². The van der Waals surface area contributed by atoms with Crippen LogP contribution in [0.25, 0.3) is 0 Å². The first-order chi connectivity index (χ1) is 6.82. The van der Waals surface area contributed by atoms with Crippen LogP contribution < -0.4 is 4.90 Å². The molecule has 1 aromatic heterocycles. The van der Waals surface area contributed by atoms with Crippen LogP contribution in [0.15, 0.2) is 12.1 Å². The Bertz CT molecular complexity index is 318. The number of aromatic nitrogens is 2. The molecule has 1 heterocycles. The zero-order valence-electron chi connectivity index (χ0n) is 8.71. The van der Waals surface area contributed by atoms with Gasteiger partial charge in [0, 0.05) is 13.1 Å². The summed E-state index contributed by atoms with van der Waals surface area (Å²) in [6.45, 7) is 3.83. The second-order valence-corrected chi connectivity index (χ2v) is 3.48. The molecule has 0 bridgehead atoms. The molecule has 6 heteroatoms. The Morgan fingerprint density at radius 1 is 1.20 bits per heavy atom. The molecule has 15 heavy (non-hydrogen) atoms. The Balaban J connectivity index is 2.91. The van der Waals surface area contributed by atoms with E-state index in [2.05, 4.69) is 10.2 Å². The molecule has 0 spiro atoms. The van der Waals surface area contributed by atoms with Gasteiger partial charge in [-0.1, -0.05) is 0 Å². The normalized spacial score (nSPS) is 11.9. The van der Waals surface area contributed by atoms with Crippen molar-refractivity contribution >= 4 is 5.82 Å². The van der Waals surface area contributed by atoms with Crippen LogP contribution in [-0.2, 0) is 6.18 Å². The molecule has 0 saturated carbocycles. The van der Waals surface area contributed by atoms with E-state index in [1.807, 2.05) is 13.8 Å². The van der Waals surface area contributed by atoms with Crippen molar-refractivity contribution in [1.29, 1.82) is 0 Å². The molecule has 0 aromatic carbocycles. The van der Waals surface area contributed by atoms with Gasteiger partial charge in [0.25, 0.3) is 0 Å². The zero-order valence-corrected chi connectivity index (χ0v) is 8.71. The van der Waals surface area contributed by atoms with Crippen molar-refractivity contribution in [2.75, 3.05) is 11.9 Å². The molecule has 0 atom stereocenters. The molecular weight excluding hydrogens is 207 g/mol. The monoisotopic (exact) mass is 219 g/mol. The largest absolute Gasteiger partial charge is 0.435 e. The highest BCUT2D eigenvalue weighted by molar-refractivity contribution is 5.37. The molecule has 0 aliphatic heterocycles. The third-order valence-electron chi connectivity index (χ3n) is 2.08. The number of hydrogen-bond donors (Lipinski definition) is 0. The minimum absolute atomic E-state index is 0.163. The summed E-state index contributed by atoms with van der Waals surface area (Å²) in [5.41, 5.74) is -0.969. The fourth-order valence-electron chi connectivity index (χ4n) is 0.929. The van der Waals surface area contributed by atoms with E-state index >= 15 is 0 Å². The van der Waals surface area contributed by atoms with E-state index in [1.165, 1.54) is 6.07 Å². The van der Waals surface area contributed by atoms with Gasteiger partial charge in [-0.15, -0.1) is 10.2 Å². The first-order valence-corrected chi connectivity index (χ1v) is 4.46. The van der Waals surface area contributed by atoms with Gasteiger partial charge in [0.15, 0.2) is 11.5 Å². The van der Waals surface area contributed by atoms with Crippen LogP contribution in [0, 0.1) is 0 Å². The van der Waals surface area contributed by atoms with Gasteiger partial charge in [-0.3, -0.25) is 0 Å². The van der Waals surface area contributed by atoms with Crippen molar-refractivity contribution in [2.24, 2.45) is 0 Å². The minimum atomic E-state index is -4.43. The highest BCUT2D eigenvalue weighted by Crippen LogP contribution is 2.27. The van der Waals surface area contributed by atoms with Crippen LogP contribution in [-0.4, -0.2) is 23.3 Å². The fourth-order valence-corrected chi connectivity index (χ4v) is 0.929. The molecule has 0 unspecified atom stereocenters. The lowest BCUT2D eigenvalue weighted by molar-refractivity contribution is -0.141. The Hall–Kier alpha value is -1.33. The van der Waals surface area contributed by atoms with E-state index in [0.717, 1.165) is 6.07 Å². The lowest BCUT2D eigenvalue weighted by Crippen LogP contribution is -2.27. The van der Waals surface area contributed by atoms with Crippen molar-refractivity contribution in [3.63, 3.8) is 0 Å². The van der Waals surface area contributed by atoms with Gasteiger partial charge in [-0.05, 0) is 26.0 Å². The summed E-state index contributed by atoms with van der Waals surface area (Å²) in [7, 11) is 1.75. The number of nitrogens with zero attached hydrogens (tertiary/aromatic N) is 3. The first kappa shape index (κ1) is 11.7. The van der Waals surface area contributed by atoms with Crippen LogP contribution in [0.1, 0.15) is 19.5 Å². The van der Waals surface area contributed by atoms with Crippen molar-refractivity contribution in [3.05, 3.63) is 17.8 Å². The molecule has 0 saturated heterocycles. The predicted octanol–water partition coefficient (Wildman–Crippen LogP) is 2.34. The van der Waals surface area contributed by atoms with E-state index in [4.69, 9.17) is 0 Å². The van der Waals surface area contributed by atoms with Gasteiger partial charge in [0.05, 0.1) is 0 Å². The molecule has 0 N–H and O–H groups in total. The van der Waals surface area contributed by atoms with Gasteiger partial charge in [0.2, 0.25) is 0 Å². The van der Waals surface area contributed by atoms with Crippen LogP contribution in [0.2, 0.25) is 0 Å². The quantitative estimate of drug-likeness (QED) is 0.764. The third kappa shape index (κ3) is 2.81. The summed E-state index contributed by atoms with van der Waals surface area (Å²) >= 11 is 0. The Labute approximate surface area is 85.9 Å². The maximum absolute atomic E-state index is 12.2. The van der Waals surface area contributed by atoms with Crippen molar-refractivity contribution in [3.8, 4) is 0 Å². The van der Waals surface area contributed by atoms with Crippen molar-refractivity contribution in [2.45, 2.75) is 26.1 Å². The van der Waals surface area contributed by atoms with Crippen molar-refractivity contribution in [1.82, 2.24) is 10.2 Å². The van der Waals surface area contributed by atoms with E-state index in [9.17, 15) is 13.2 Å². The molecule has 84 valence electrons. The molecule has 1 rings (SSSR count). The molecule has 0 radical (unpaired) electrons. The SMILES string of the molecule is CC(C)N(C)c1ccc(C(F)(F)F)nn1. The Morgan fingerprint density at radius 3 is 2.13 bits per heavy atom. The molecule has 0 fully saturated rings. The summed E-state index contributed by atoms with van der Waals surface area (Å²) in [6, 6.07) is 2.41. The lowest BCUT2D eigenvalue weighted by atomic mass is 10.3. The van der Waals surface area contributed by atoms with Gasteiger partial charge < -0.3 is 4.90 Å². The smallest absolute Gasteiger partial charge is 0.356 e. The number of alkyl halides is 3. The third-order valence-corrected chi connectivity index (χ3v) is 2.08. The van der Waals surface area contributed by atoms with Crippen LogP contribution in [0.5, 0.6) is 0 Å². The number of halogens is 3. The van der Waals surface area contributed by atoms with E-state index in [-0.39, 0.29) is 6.04 Å². The number of rotatable bonds is 2. The molecule has 1 aromatic rings. The summed E-state index contributed by atoms with van der Waals surface area (Å²) in [4.78, 5) is 1.74. The average molecular weight is 219 g/mol. The molecule has 0 aliphatic carbocycles. The second kappa shape index (κ2) is 4.04. The van der Waals surface area contributed by atoms with E-state index < -0.39 is 11.9 Å². The first-order valence-electron chi connectivity index (χ1n) is 4.46. The Kier molecular flexibility index (Phi) is 3.16. The van der Waals surface area contributed by atoms with Gasteiger partial charge in [0.1, 0.15) is 0 Å². The van der Waals surface area contributed by atoms with E-state index in [1.54, 1.807) is 11.9 Å². The van der Waals surface area contributed by atoms with Crippen LogP contribution in [0.3, 0.4) is 0 Å². The molecule has 0 amide bonds. The summed E-state index contributed by atoms with van der Waals surface area (Å²) in [6.07, 6.45) is -4.43. The topological polar surface area (TPSA) is 29.0 Å². The fraction of sp³-hybridized carbons (Fsp3) is 0.556. The van der Waals surface area contributed by atoms with Crippen LogP contribution >= 0.6 is 0 Å². The van der Waals surface area contributed by atoms with Gasteiger partial charge in [-0.2, -0.15) is 13.2 Å². The van der Waals surface area contributed by atoms with E-state index in [0.29, 0.717) is 5.82 Å². The second-order valence-electron chi connectivity index (χ2n) is 3.48. The zero-order chi connectivity index (χ0) is 11.6. The lowest BCUT2D eigenvalue weighted by Gasteiger charge is -2.21. The Morgan fingerprint density at radius 2 is 1.80 bits per heavy atom. The molecular formula is C9H12F3N3. The minimum Gasteiger partial charge on any atom is -0.356 e.